The maximum absolute atomic E-state index is 13.3. The number of benzene rings is 1. The SMILES string of the molecule is CN=C(NCc1ccc(Oc2cccc(F)c2)nc1)N1CCC(COCCOC)C1.I. The van der Waals surface area contributed by atoms with Crippen LogP contribution in [0, 0.1) is 11.7 Å². The number of aromatic nitrogens is 1. The zero-order valence-electron chi connectivity index (χ0n) is 17.9. The Morgan fingerprint density at radius 3 is 2.87 bits per heavy atom. The average Bonchev–Trinajstić information content (AvgIpc) is 3.22. The van der Waals surface area contributed by atoms with E-state index >= 15 is 0 Å². The fourth-order valence-corrected chi connectivity index (χ4v) is 3.29. The summed E-state index contributed by atoms with van der Waals surface area (Å²) in [6, 6.07) is 9.69. The quantitative estimate of drug-likeness (QED) is 0.225. The molecule has 1 N–H and O–H groups in total. The van der Waals surface area contributed by atoms with Gasteiger partial charge in [0.1, 0.15) is 11.6 Å². The van der Waals surface area contributed by atoms with Crippen LogP contribution in [-0.2, 0) is 16.0 Å². The summed E-state index contributed by atoms with van der Waals surface area (Å²) in [6.07, 6.45) is 2.83. The Labute approximate surface area is 200 Å². The van der Waals surface area contributed by atoms with Gasteiger partial charge in [0.15, 0.2) is 5.96 Å². The smallest absolute Gasteiger partial charge is 0.219 e. The molecule has 170 valence electrons. The number of hydrogen-bond acceptors (Lipinski definition) is 5. The van der Waals surface area contributed by atoms with Crippen LogP contribution in [0.3, 0.4) is 0 Å². The van der Waals surface area contributed by atoms with Crippen molar-refractivity contribution in [3.8, 4) is 11.6 Å². The number of rotatable bonds is 9. The van der Waals surface area contributed by atoms with Crippen LogP contribution in [0.2, 0.25) is 0 Å². The second kappa shape index (κ2) is 13.4. The first-order chi connectivity index (χ1) is 14.7. The van der Waals surface area contributed by atoms with Crippen LogP contribution >= 0.6 is 24.0 Å². The summed E-state index contributed by atoms with van der Waals surface area (Å²) < 4.78 is 29.5. The van der Waals surface area contributed by atoms with Crippen LogP contribution in [0.25, 0.3) is 0 Å². The molecule has 0 bridgehead atoms. The summed E-state index contributed by atoms with van der Waals surface area (Å²) in [5.74, 6) is 1.87. The summed E-state index contributed by atoms with van der Waals surface area (Å²) in [6.45, 7) is 4.48. The van der Waals surface area contributed by atoms with Crippen molar-refractivity contribution in [1.82, 2.24) is 15.2 Å². The minimum atomic E-state index is -0.342. The van der Waals surface area contributed by atoms with Crippen molar-refractivity contribution in [1.29, 1.82) is 0 Å². The first-order valence-electron chi connectivity index (χ1n) is 10.1. The lowest BCUT2D eigenvalue weighted by atomic mass is 10.1. The Morgan fingerprint density at radius 2 is 2.16 bits per heavy atom. The third-order valence-electron chi connectivity index (χ3n) is 4.85. The molecule has 31 heavy (non-hydrogen) atoms. The van der Waals surface area contributed by atoms with E-state index in [-0.39, 0.29) is 29.8 Å². The van der Waals surface area contributed by atoms with Crippen molar-refractivity contribution in [3.05, 3.63) is 54.0 Å². The zero-order valence-corrected chi connectivity index (χ0v) is 20.3. The molecule has 2 heterocycles. The van der Waals surface area contributed by atoms with E-state index < -0.39 is 0 Å². The van der Waals surface area contributed by atoms with Crippen LogP contribution in [0.1, 0.15) is 12.0 Å². The number of hydrogen-bond donors (Lipinski definition) is 1. The Bertz CT molecular complexity index is 823. The highest BCUT2D eigenvalue weighted by Crippen LogP contribution is 2.20. The van der Waals surface area contributed by atoms with Gasteiger partial charge in [-0.1, -0.05) is 12.1 Å². The van der Waals surface area contributed by atoms with Gasteiger partial charge >= 0.3 is 0 Å². The van der Waals surface area contributed by atoms with E-state index in [9.17, 15) is 4.39 Å². The lowest BCUT2D eigenvalue weighted by Crippen LogP contribution is -2.39. The molecule has 3 rings (SSSR count). The highest BCUT2D eigenvalue weighted by molar-refractivity contribution is 14.0. The molecule has 0 spiro atoms. The van der Waals surface area contributed by atoms with Gasteiger partial charge in [0.05, 0.1) is 19.8 Å². The monoisotopic (exact) mass is 544 g/mol. The zero-order chi connectivity index (χ0) is 21.2. The molecule has 1 aromatic carbocycles. The van der Waals surface area contributed by atoms with Gasteiger partial charge in [0.25, 0.3) is 0 Å². The molecule has 1 unspecified atom stereocenters. The average molecular weight is 544 g/mol. The minimum absolute atomic E-state index is 0. The van der Waals surface area contributed by atoms with E-state index in [1.165, 1.54) is 12.1 Å². The highest BCUT2D eigenvalue weighted by atomic mass is 127. The summed E-state index contributed by atoms with van der Waals surface area (Å²) in [5.41, 5.74) is 1.00. The highest BCUT2D eigenvalue weighted by Gasteiger charge is 2.24. The van der Waals surface area contributed by atoms with Gasteiger partial charge < -0.3 is 24.4 Å². The van der Waals surface area contributed by atoms with E-state index in [1.54, 1.807) is 38.6 Å². The van der Waals surface area contributed by atoms with Crippen LogP contribution in [0.15, 0.2) is 47.6 Å². The molecule has 0 aliphatic carbocycles. The number of nitrogens with zero attached hydrogens (tertiary/aromatic N) is 3. The number of likely N-dealkylation sites (tertiary alicyclic amines) is 1. The number of methoxy groups -OCH3 is 1. The molecule has 1 saturated heterocycles. The second-order valence-corrected chi connectivity index (χ2v) is 7.13. The van der Waals surface area contributed by atoms with Crippen molar-refractivity contribution in [2.24, 2.45) is 10.9 Å². The van der Waals surface area contributed by atoms with Gasteiger partial charge in [0.2, 0.25) is 5.88 Å². The van der Waals surface area contributed by atoms with Crippen molar-refractivity contribution in [2.75, 3.05) is 47.1 Å². The maximum Gasteiger partial charge on any atom is 0.219 e. The predicted octanol–water partition coefficient (Wildman–Crippen LogP) is 3.69. The van der Waals surface area contributed by atoms with Gasteiger partial charge in [-0.15, -0.1) is 24.0 Å². The van der Waals surface area contributed by atoms with E-state index in [4.69, 9.17) is 14.2 Å². The van der Waals surface area contributed by atoms with Crippen LogP contribution in [-0.4, -0.2) is 62.9 Å². The third-order valence-corrected chi connectivity index (χ3v) is 4.85. The summed E-state index contributed by atoms with van der Waals surface area (Å²) in [7, 11) is 3.47. The molecule has 0 radical (unpaired) electrons. The van der Waals surface area contributed by atoms with Crippen molar-refractivity contribution in [3.63, 3.8) is 0 Å². The summed E-state index contributed by atoms with van der Waals surface area (Å²) >= 11 is 0. The molecular formula is C22H30FIN4O3. The molecule has 1 aromatic heterocycles. The van der Waals surface area contributed by atoms with Gasteiger partial charge in [-0.2, -0.15) is 0 Å². The number of aliphatic imine (C=N–C) groups is 1. The fourth-order valence-electron chi connectivity index (χ4n) is 3.29. The van der Waals surface area contributed by atoms with E-state index in [1.807, 2.05) is 6.07 Å². The Morgan fingerprint density at radius 1 is 1.29 bits per heavy atom. The molecule has 1 aliphatic rings. The molecule has 0 amide bonds. The molecule has 1 atom stereocenters. The minimum Gasteiger partial charge on any atom is -0.439 e. The molecule has 9 heteroatoms. The molecule has 7 nitrogen and oxygen atoms in total. The topological polar surface area (TPSA) is 68.2 Å². The predicted molar refractivity (Wildman–Crippen MR) is 129 cm³/mol. The first kappa shape index (κ1) is 25.3. The summed E-state index contributed by atoms with van der Waals surface area (Å²) in [4.78, 5) is 11.0. The van der Waals surface area contributed by atoms with Crippen molar-refractivity contribution < 1.29 is 18.6 Å². The van der Waals surface area contributed by atoms with Crippen LogP contribution in [0.4, 0.5) is 4.39 Å². The van der Waals surface area contributed by atoms with E-state index in [0.717, 1.165) is 37.6 Å². The molecular weight excluding hydrogens is 514 g/mol. The summed E-state index contributed by atoms with van der Waals surface area (Å²) in [5, 5.41) is 3.39. The third kappa shape index (κ3) is 8.23. The number of pyridine rings is 1. The number of ether oxygens (including phenoxy) is 3. The number of guanidine groups is 1. The molecule has 2 aromatic rings. The molecule has 0 saturated carbocycles. The maximum atomic E-state index is 13.3. The van der Waals surface area contributed by atoms with Gasteiger partial charge in [-0.3, -0.25) is 4.99 Å². The Kier molecular flexibility index (Phi) is 11.0. The fraction of sp³-hybridized carbons (Fsp3) is 0.455. The second-order valence-electron chi connectivity index (χ2n) is 7.13. The van der Waals surface area contributed by atoms with Gasteiger partial charge in [-0.25, -0.2) is 9.37 Å². The lowest BCUT2D eigenvalue weighted by Gasteiger charge is -2.21. The number of nitrogens with one attached hydrogen (secondary N) is 1. The Hall–Kier alpha value is -1.98. The Balaban J connectivity index is 0.00000341. The lowest BCUT2D eigenvalue weighted by molar-refractivity contribution is 0.0536. The normalized spacial score (nSPS) is 16.2. The van der Waals surface area contributed by atoms with Gasteiger partial charge in [0, 0.05) is 58.0 Å². The van der Waals surface area contributed by atoms with Crippen LogP contribution < -0.4 is 10.1 Å². The van der Waals surface area contributed by atoms with Crippen LogP contribution in [0.5, 0.6) is 11.6 Å². The van der Waals surface area contributed by atoms with E-state index in [2.05, 4.69) is 20.2 Å². The molecule has 1 aliphatic heterocycles. The van der Waals surface area contributed by atoms with Crippen molar-refractivity contribution in [2.45, 2.75) is 13.0 Å². The standard InChI is InChI=1S/C22H29FN4O3.HI/c1-24-22(27-9-8-18(15-27)16-29-11-10-28-2)26-14-17-6-7-21(25-13-17)30-20-5-3-4-19(23)12-20;/h3-7,12-13,18H,8-11,14-16H2,1-2H3,(H,24,26);1H. The van der Waals surface area contributed by atoms with Crippen molar-refractivity contribution >= 4 is 29.9 Å². The van der Waals surface area contributed by atoms with Gasteiger partial charge in [-0.05, 0) is 24.1 Å². The van der Waals surface area contributed by atoms with E-state index in [0.29, 0.717) is 37.3 Å². The number of halogens is 2. The first-order valence-corrected chi connectivity index (χ1v) is 10.1. The largest absolute Gasteiger partial charge is 0.439 e. The molecule has 1 fully saturated rings.